The molecule has 3 N–H and O–H groups in total. The lowest BCUT2D eigenvalue weighted by molar-refractivity contribution is -0.139. The second-order valence-electron chi connectivity index (χ2n) is 5.92. The molecule has 0 atom stereocenters. The number of carboxylic acid groups (broad SMARTS) is 1. The predicted octanol–water partition coefficient (Wildman–Crippen LogP) is 1.43. The molecule has 1 fully saturated rings. The molecule has 0 saturated heterocycles. The highest BCUT2D eigenvalue weighted by atomic mass is 16.5. The first-order valence-corrected chi connectivity index (χ1v) is 8.15. The third-order valence-electron chi connectivity index (χ3n) is 4.34. The van der Waals surface area contributed by atoms with E-state index in [1.54, 1.807) is 7.11 Å². The Morgan fingerprint density at radius 3 is 2.67 bits per heavy atom. The normalized spacial score (nSPS) is 19.5. The smallest absolute Gasteiger partial charge is 0.317 e. The summed E-state index contributed by atoms with van der Waals surface area (Å²) in [5.74, 6) is -0.0726. The standard InChI is InChI=1S/C17H25N3O4/c1-3-20(11-16(21)22)14-8-13(9-14)19-17(23)18-10-12-6-4-5-7-15(12)24-2/h4-7,13-14H,3,8-11H2,1-2H3,(H,21,22)(H2,18,19,23). The van der Waals surface area contributed by atoms with Crippen LogP contribution in [0, 0.1) is 0 Å². The summed E-state index contributed by atoms with van der Waals surface area (Å²) in [4.78, 5) is 24.7. The maximum atomic E-state index is 12.0. The average molecular weight is 335 g/mol. The van der Waals surface area contributed by atoms with Gasteiger partial charge in [0.05, 0.1) is 13.7 Å². The fourth-order valence-corrected chi connectivity index (χ4v) is 2.94. The molecule has 2 rings (SSSR count). The van der Waals surface area contributed by atoms with Gasteiger partial charge in [0.1, 0.15) is 5.75 Å². The van der Waals surface area contributed by atoms with E-state index in [1.165, 1.54) is 0 Å². The van der Waals surface area contributed by atoms with Gasteiger partial charge in [0.2, 0.25) is 0 Å². The van der Waals surface area contributed by atoms with Crippen LogP contribution in [0.4, 0.5) is 4.79 Å². The van der Waals surface area contributed by atoms with E-state index in [2.05, 4.69) is 10.6 Å². The minimum atomic E-state index is -0.817. The molecule has 0 bridgehead atoms. The van der Waals surface area contributed by atoms with E-state index < -0.39 is 5.97 Å². The van der Waals surface area contributed by atoms with Crippen molar-refractivity contribution in [2.45, 2.75) is 38.4 Å². The van der Waals surface area contributed by atoms with Crippen LogP contribution in [-0.2, 0) is 11.3 Å². The van der Waals surface area contributed by atoms with Crippen molar-refractivity contribution >= 4 is 12.0 Å². The Morgan fingerprint density at radius 1 is 1.33 bits per heavy atom. The zero-order valence-corrected chi connectivity index (χ0v) is 14.1. The molecule has 1 aliphatic rings. The first kappa shape index (κ1) is 18.1. The molecule has 0 spiro atoms. The van der Waals surface area contributed by atoms with Crippen molar-refractivity contribution in [1.29, 1.82) is 0 Å². The van der Waals surface area contributed by atoms with Crippen molar-refractivity contribution in [3.05, 3.63) is 29.8 Å². The number of hydrogen-bond donors (Lipinski definition) is 3. The summed E-state index contributed by atoms with van der Waals surface area (Å²) in [5, 5.41) is 14.6. The second-order valence-corrected chi connectivity index (χ2v) is 5.92. The van der Waals surface area contributed by atoms with E-state index in [-0.39, 0.29) is 24.7 Å². The summed E-state index contributed by atoms with van der Waals surface area (Å²) >= 11 is 0. The number of carbonyl (C=O) groups excluding carboxylic acids is 1. The highest BCUT2D eigenvalue weighted by molar-refractivity contribution is 5.74. The number of nitrogens with zero attached hydrogens (tertiary/aromatic N) is 1. The van der Waals surface area contributed by atoms with Crippen LogP contribution in [0.1, 0.15) is 25.3 Å². The highest BCUT2D eigenvalue weighted by Gasteiger charge is 2.34. The van der Waals surface area contributed by atoms with Crippen LogP contribution in [0.2, 0.25) is 0 Å². The molecule has 132 valence electrons. The number of amides is 2. The van der Waals surface area contributed by atoms with Gasteiger partial charge in [0.25, 0.3) is 0 Å². The van der Waals surface area contributed by atoms with Crippen LogP contribution in [0.25, 0.3) is 0 Å². The Morgan fingerprint density at radius 2 is 2.04 bits per heavy atom. The monoisotopic (exact) mass is 335 g/mol. The van der Waals surface area contributed by atoms with Crippen LogP contribution in [0.5, 0.6) is 5.75 Å². The molecule has 0 radical (unpaired) electrons. The van der Waals surface area contributed by atoms with E-state index in [1.807, 2.05) is 36.1 Å². The zero-order valence-electron chi connectivity index (χ0n) is 14.1. The van der Waals surface area contributed by atoms with E-state index >= 15 is 0 Å². The number of aliphatic carboxylic acids is 1. The van der Waals surface area contributed by atoms with Gasteiger partial charge in [-0.1, -0.05) is 25.1 Å². The lowest BCUT2D eigenvalue weighted by atomic mass is 9.85. The Bertz CT molecular complexity index is 573. The quantitative estimate of drug-likeness (QED) is 0.668. The molecule has 1 aromatic carbocycles. The zero-order chi connectivity index (χ0) is 17.5. The SMILES string of the molecule is CCN(CC(=O)O)C1CC(NC(=O)NCc2ccccc2OC)C1. The third kappa shape index (κ3) is 4.86. The van der Waals surface area contributed by atoms with Gasteiger partial charge in [0.15, 0.2) is 0 Å². The fraction of sp³-hybridized carbons (Fsp3) is 0.529. The van der Waals surface area contributed by atoms with E-state index in [0.29, 0.717) is 13.1 Å². The summed E-state index contributed by atoms with van der Waals surface area (Å²) < 4.78 is 5.25. The van der Waals surface area contributed by atoms with Gasteiger partial charge in [0, 0.05) is 24.2 Å². The molecule has 0 unspecified atom stereocenters. The Balaban J connectivity index is 1.72. The molecule has 0 heterocycles. The maximum absolute atomic E-state index is 12.0. The summed E-state index contributed by atoms with van der Waals surface area (Å²) in [6.45, 7) is 3.09. The van der Waals surface area contributed by atoms with Crippen molar-refractivity contribution in [2.24, 2.45) is 0 Å². The van der Waals surface area contributed by atoms with Crippen LogP contribution in [0.3, 0.4) is 0 Å². The predicted molar refractivity (Wildman–Crippen MR) is 90.1 cm³/mol. The number of urea groups is 1. The lowest BCUT2D eigenvalue weighted by Gasteiger charge is -2.42. The Kier molecular flexibility index (Phi) is 6.43. The van der Waals surface area contributed by atoms with Crippen LogP contribution >= 0.6 is 0 Å². The number of hydrogen-bond acceptors (Lipinski definition) is 4. The van der Waals surface area contributed by atoms with Gasteiger partial charge in [-0.05, 0) is 25.5 Å². The van der Waals surface area contributed by atoms with E-state index in [9.17, 15) is 9.59 Å². The maximum Gasteiger partial charge on any atom is 0.317 e. The molecule has 7 nitrogen and oxygen atoms in total. The van der Waals surface area contributed by atoms with Gasteiger partial charge in [-0.15, -0.1) is 0 Å². The summed E-state index contributed by atoms with van der Waals surface area (Å²) in [6, 6.07) is 7.65. The number of rotatable bonds is 8. The van der Waals surface area contributed by atoms with Crippen molar-refractivity contribution in [2.75, 3.05) is 20.2 Å². The number of carbonyl (C=O) groups is 2. The summed E-state index contributed by atoms with van der Waals surface area (Å²) in [7, 11) is 1.60. The average Bonchev–Trinajstić information content (AvgIpc) is 2.54. The van der Waals surface area contributed by atoms with Gasteiger partial charge in [-0.3, -0.25) is 9.69 Å². The van der Waals surface area contributed by atoms with Gasteiger partial charge >= 0.3 is 12.0 Å². The minimum Gasteiger partial charge on any atom is -0.496 e. The van der Waals surface area contributed by atoms with Crippen LogP contribution in [0.15, 0.2) is 24.3 Å². The molecule has 7 heteroatoms. The van der Waals surface area contributed by atoms with E-state index in [0.717, 1.165) is 24.2 Å². The Hall–Kier alpha value is -2.28. The number of likely N-dealkylation sites (N-methyl/N-ethyl adjacent to an activating group) is 1. The first-order chi connectivity index (χ1) is 11.5. The van der Waals surface area contributed by atoms with Gasteiger partial charge in [-0.25, -0.2) is 4.79 Å². The number of nitrogens with one attached hydrogen (secondary N) is 2. The minimum absolute atomic E-state index is 0.0495. The van der Waals surface area contributed by atoms with Crippen molar-refractivity contribution < 1.29 is 19.4 Å². The number of methoxy groups -OCH3 is 1. The van der Waals surface area contributed by atoms with Crippen molar-refractivity contribution in [1.82, 2.24) is 15.5 Å². The molecular weight excluding hydrogens is 310 g/mol. The molecule has 1 saturated carbocycles. The van der Waals surface area contributed by atoms with Crippen molar-refractivity contribution in [3.8, 4) is 5.75 Å². The lowest BCUT2D eigenvalue weighted by Crippen LogP contribution is -2.56. The van der Waals surface area contributed by atoms with Crippen LogP contribution in [-0.4, -0.2) is 54.3 Å². The van der Waals surface area contributed by atoms with Gasteiger partial charge < -0.3 is 20.5 Å². The molecule has 0 aliphatic heterocycles. The largest absolute Gasteiger partial charge is 0.496 e. The van der Waals surface area contributed by atoms with Crippen molar-refractivity contribution in [3.63, 3.8) is 0 Å². The molecular formula is C17H25N3O4. The van der Waals surface area contributed by atoms with Crippen LogP contribution < -0.4 is 15.4 Å². The molecule has 0 aromatic heterocycles. The summed E-state index contributed by atoms with van der Waals surface area (Å²) in [5.41, 5.74) is 0.917. The number of ether oxygens (including phenoxy) is 1. The Labute approximate surface area is 142 Å². The fourth-order valence-electron chi connectivity index (χ4n) is 2.94. The summed E-state index contributed by atoms with van der Waals surface area (Å²) in [6.07, 6.45) is 1.56. The highest BCUT2D eigenvalue weighted by Crippen LogP contribution is 2.25. The third-order valence-corrected chi connectivity index (χ3v) is 4.34. The molecule has 24 heavy (non-hydrogen) atoms. The number of carboxylic acids is 1. The van der Waals surface area contributed by atoms with Gasteiger partial charge in [-0.2, -0.15) is 0 Å². The molecule has 2 amide bonds. The second kappa shape index (κ2) is 8.54. The topological polar surface area (TPSA) is 90.9 Å². The molecule has 1 aromatic rings. The first-order valence-electron chi connectivity index (χ1n) is 8.15. The molecule has 1 aliphatic carbocycles. The number of para-hydroxylation sites is 1. The number of benzene rings is 1. The van der Waals surface area contributed by atoms with E-state index in [4.69, 9.17) is 9.84 Å².